The maximum Gasteiger partial charge on any atom is 0.163 e. The number of hydrogen-bond donors (Lipinski definition) is 1. The normalized spacial score (nSPS) is 10.5. The summed E-state index contributed by atoms with van der Waals surface area (Å²) in [6.45, 7) is 0.565. The van der Waals surface area contributed by atoms with Crippen LogP contribution in [-0.4, -0.2) is 30.5 Å². The molecule has 1 aromatic heterocycles. The predicted octanol–water partition coefficient (Wildman–Crippen LogP) is 1.61. The highest BCUT2D eigenvalue weighted by atomic mass is 16.5. The molecule has 0 spiro atoms. The average molecular weight is 261 g/mol. The summed E-state index contributed by atoms with van der Waals surface area (Å²) in [6, 6.07) is 4.03. The van der Waals surface area contributed by atoms with Gasteiger partial charge in [-0.25, -0.2) is 0 Å². The van der Waals surface area contributed by atoms with Gasteiger partial charge in [-0.1, -0.05) is 0 Å². The van der Waals surface area contributed by atoms with Gasteiger partial charge in [0.2, 0.25) is 0 Å². The SMILES string of the molecule is COc1cc(-c2cnn(C)c2)cc(CCN)c1OC. The van der Waals surface area contributed by atoms with Gasteiger partial charge in [-0.2, -0.15) is 5.10 Å². The number of nitrogens with zero attached hydrogens (tertiary/aromatic N) is 2. The highest BCUT2D eigenvalue weighted by molar-refractivity contribution is 5.68. The van der Waals surface area contributed by atoms with Crippen molar-refractivity contribution in [1.82, 2.24) is 9.78 Å². The molecule has 102 valence electrons. The summed E-state index contributed by atoms with van der Waals surface area (Å²) in [4.78, 5) is 0. The molecule has 2 rings (SSSR count). The summed E-state index contributed by atoms with van der Waals surface area (Å²) < 4.78 is 12.6. The number of aryl methyl sites for hydroxylation is 1. The first-order chi connectivity index (χ1) is 9.19. The number of nitrogens with two attached hydrogens (primary N) is 1. The molecule has 1 aromatic carbocycles. The lowest BCUT2D eigenvalue weighted by molar-refractivity contribution is 0.352. The zero-order valence-corrected chi connectivity index (χ0v) is 11.5. The highest BCUT2D eigenvalue weighted by Crippen LogP contribution is 2.36. The average Bonchev–Trinajstić information content (AvgIpc) is 2.85. The van der Waals surface area contributed by atoms with Crippen molar-refractivity contribution < 1.29 is 9.47 Å². The van der Waals surface area contributed by atoms with Crippen molar-refractivity contribution in [3.05, 3.63) is 30.1 Å². The van der Waals surface area contributed by atoms with Crippen molar-refractivity contribution in [2.24, 2.45) is 12.8 Å². The Kier molecular flexibility index (Phi) is 4.06. The van der Waals surface area contributed by atoms with Crippen molar-refractivity contribution in [3.8, 4) is 22.6 Å². The van der Waals surface area contributed by atoms with Crippen LogP contribution in [0.25, 0.3) is 11.1 Å². The van der Waals surface area contributed by atoms with E-state index in [4.69, 9.17) is 15.2 Å². The van der Waals surface area contributed by atoms with E-state index in [2.05, 4.69) is 11.2 Å². The van der Waals surface area contributed by atoms with E-state index in [0.717, 1.165) is 28.9 Å². The summed E-state index contributed by atoms with van der Waals surface area (Å²) in [6.07, 6.45) is 4.54. The second-order valence-corrected chi connectivity index (χ2v) is 4.31. The second kappa shape index (κ2) is 5.75. The van der Waals surface area contributed by atoms with Gasteiger partial charge in [-0.05, 0) is 36.2 Å². The fraction of sp³-hybridized carbons (Fsp3) is 0.357. The molecular weight excluding hydrogens is 242 g/mol. The van der Waals surface area contributed by atoms with E-state index in [1.54, 1.807) is 18.9 Å². The molecule has 5 nitrogen and oxygen atoms in total. The van der Waals surface area contributed by atoms with Crippen LogP contribution in [0.4, 0.5) is 0 Å². The smallest absolute Gasteiger partial charge is 0.163 e. The first-order valence-corrected chi connectivity index (χ1v) is 6.13. The Hall–Kier alpha value is -2.01. The van der Waals surface area contributed by atoms with Gasteiger partial charge in [0.05, 0.1) is 20.4 Å². The van der Waals surface area contributed by atoms with Gasteiger partial charge in [-0.3, -0.25) is 4.68 Å². The van der Waals surface area contributed by atoms with Crippen molar-refractivity contribution >= 4 is 0 Å². The van der Waals surface area contributed by atoms with Crippen LogP contribution in [0.3, 0.4) is 0 Å². The fourth-order valence-corrected chi connectivity index (χ4v) is 2.12. The molecule has 19 heavy (non-hydrogen) atoms. The Morgan fingerprint density at radius 2 is 2.00 bits per heavy atom. The van der Waals surface area contributed by atoms with Gasteiger partial charge in [-0.15, -0.1) is 0 Å². The molecule has 0 aliphatic rings. The van der Waals surface area contributed by atoms with Crippen molar-refractivity contribution in [3.63, 3.8) is 0 Å². The second-order valence-electron chi connectivity index (χ2n) is 4.31. The number of benzene rings is 1. The Bertz CT molecular complexity index is 564. The van der Waals surface area contributed by atoms with E-state index in [9.17, 15) is 0 Å². The summed E-state index contributed by atoms with van der Waals surface area (Å²) in [7, 11) is 5.17. The molecule has 0 saturated carbocycles. The molecule has 0 radical (unpaired) electrons. The zero-order chi connectivity index (χ0) is 13.8. The third-order valence-corrected chi connectivity index (χ3v) is 3.01. The molecule has 0 amide bonds. The summed E-state index contributed by atoms with van der Waals surface area (Å²) in [5, 5.41) is 4.19. The van der Waals surface area contributed by atoms with Crippen LogP contribution < -0.4 is 15.2 Å². The number of rotatable bonds is 5. The van der Waals surface area contributed by atoms with Gasteiger partial charge in [0.1, 0.15) is 0 Å². The Morgan fingerprint density at radius 3 is 2.53 bits per heavy atom. The lowest BCUT2D eigenvalue weighted by Gasteiger charge is -2.14. The molecular formula is C14H19N3O2. The summed E-state index contributed by atoms with van der Waals surface area (Å²) in [5.41, 5.74) is 8.79. The minimum absolute atomic E-state index is 0.565. The van der Waals surface area contributed by atoms with Gasteiger partial charge in [0.25, 0.3) is 0 Å². The van der Waals surface area contributed by atoms with Crippen LogP contribution >= 0.6 is 0 Å². The Balaban J connectivity index is 2.53. The molecule has 1 heterocycles. The van der Waals surface area contributed by atoms with Crippen LogP contribution in [0, 0.1) is 0 Å². The molecule has 0 unspecified atom stereocenters. The molecule has 0 aliphatic heterocycles. The van der Waals surface area contributed by atoms with Crippen LogP contribution in [0.15, 0.2) is 24.5 Å². The van der Waals surface area contributed by atoms with Crippen LogP contribution in [0.5, 0.6) is 11.5 Å². The quantitative estimate of drug-likeness (QED) is 0.888. The van der Waals surface area contributed by atoms with Gasteiger partial charge in [0, 0.05) is 18.8 Å². The zero-order valence-electron chi connectivity index (χ0n) is 11.5. The highest BCUT2D eigenvalue weighted by Gasteiger charge is 2.13. The largest absolute Gasteiger partial charge is 0.493 e. The van der Waals surface area contributed by atoms with E-state index >= 15 is 0 Å². The molecule has 0 saturated heterocycles. The van der Waals surface area contributed by atoms with Crippen molar-refractivity contribution in [2.75, 3.05) is 20.8 Å². The standard InChI is InChI=1S/C14H19N3O2/c1-17-9-12(8-16-17)11-6-10(4-5-15)14(19-3)13(7-11)18-2/h6-9H,4-5,15H2,1-3H3. The van der Waals surface area contributed by atoms with E-state index in [1.165, 1.54) is 0 Å². The Morgan fingerprint density at radius 1 is 1.21 bits per heavy atom. The minimum atomic E-state index is 0.565. The van der Waals surface area contributed by atoms with Crippen LogP contribution in [0.1, 0.15) is 5.56 Å². The van der Waals surface area contributed by atoms with Crippen LogP contribution in [-0.2, 0) is 13.5 Å². The number of ether oxygens (including phenoxy) is 2. The lowest BCUT2D eigenvalue weighted by atomic mass is 10.0. The first kappa shape index (κ1) is 13.4. The molecule has 5 heteroatoms. The Labute approximate surface area is 112 Å². The molecule has 2 N–H and O–H groups in total. The van der Waals surface area contributed by atoms with E-state index in [1.807, 2.05) is 25.5 Å². The summed E-state index contributed by atoms with van der Waals surface area (Å²) >= 11 is 0. The van der Waals surface area contributed by atoms with Gasteiger partial charge < -0.3 is 15.2 Å². The minimum Gasteiger partial charge on any atom is -0.493 e. The maximum atomic E-state index is 5.66. The fourth-order valence-electron chi connectivity index (χ4n) is 2.12. The molecule has 0 aliphatic carbocycles. The van der Waals surface area contributed by atoms with Crippen molar-refractivity contribution in [2.45, 2.75) is 6.42 Å². The number of hydrogen-bond acceptors (Lipinski definition) is 4. The third kappa shape index (κ3) is 2.71. The number of aromatic nitrogens is 2. The van der Waals surface area contributed by atoms with Crippen molar-refractivity contribution in [1.29, 1.82) is 0 Å². The monoisotopic (exact) mass is 261 g/mol. The topological polar surface area (TPSA) is 62.3 Å². The van der Waals surface area contributed by atoms with Gasteiger partial charge in [0.15, 0.2) is 11.5 Å². The van der Waals surface area contributed by atoms with E-state index < -0.39 is 0 Å². The van der Waals surface area contributed by atoms with Gasteiger partial charge >= 0.3 is 0 Å². The molecule has 0 fully saturated rings. The lowest BCUT2D eigenvalue weighted by Crippen LogP contribution is -2.05. The summed E-state index contributed by atoms with van der Waals surface area (Å²) in [5.74, 6) is 1.47. The maximum absolute atomic E-state index is 5.66. The molecule has 0 atom stereocenters. The van der Waals surface area contributed by atoms with E-state index in [-0.39, 0.29) is 0 Å². The first-order valence-electron chi connectivity index (χ1n) is 6.13. The van der Waals surface area contributed by atoms with Crippen LogP contribution in [0.2, 0.25) is 0 Å². The molecule has 0 bridgehead atoms. The number of methoxy groups -OCH3 is 2. The van der Waals surface area contributed by atoms with E-state index in [0.29, 0.717) is 12.3 Å². The molecule has 2 aromatic rings. The third-order valence-electron chi connectivity index (χ3n) is 3.01. The predicted molar refractivity (Wildman–Crippen MR) is 74.5 cm³/mol.